The van der Waals surface area contributed by atoms with Crippen molar-refractivity contribution in [3.05, 3.63) is 28.2 Å². The van der Waals surface area contributed by atoms with Gasteiger partial charge in [-0.1, -0.05) is 22.0 Å². The Hall–Kier alpha value is -1.60. The molecule has 21 heavy (non-hydrogen) atoms. The van der Waals surface area contributed by atoms with E-state index < -0.39 is 23.7 Å². The summed E-state index contributed by atoms with van der Waals surface area (Å²) in [6.45, 7) is 5.13. The van der Waals surface area contributed by atoms with E-state index >= 15 is 0 Å². The number of carbonyl (C=O) groups excluding carboxylic acids is 2. The topological polar surface area (TPSA) is 81.9 Å². The van der Waals surface area contributed by atoms with Gasteiger partial charge in [-0.15, -0.1) is 5.06 Å². The Labute approximate surface area is 131 Å². The van der Waals surface area contributed by atoms with Crippen molar-refractivity contribution in [1.29, 1.82) is 0 Å². The zero-order chi connectivity index (χ0) is 15.8. The number of nitrogens with zero attached hydrogens (tertiary/aromatic N) is 1. The number of fused-ring (bicyclic) bond motifs is 1. The van der Waals surface area contributed by atoms with Gasteiger partial charge in [0, 0.05) is 4.47 Å². The van der Waals surface area contributed by atoms with E-state index in [4.69, 9.17) is 15.3 Å². The summed E-state index contributed by atoms with van der Waals surface area (Å²) < 4.78 is 5.83. The number of hydroxylamine groups is 1. The first-order valence-electron chi connectivity index (χ1n) is 6.46. The fourth-order valence-corrected chi connectivity index (χ4v) is 2.28. The maximum absolute atomic E-state index is 12.2. The van der Waals surface area contributed by atoms with E-state index in [0.717, 1.165) is 15.1 Å². The molecule has 1 amide bonds. The van der Waals surface area contributed by atoms with Gasteiger partial charge in [0.1, 0.15) is 5.60 Å². The Kier molecular flexibility index (Phi) is 4.25. The molecule has 2 N–H and O–H groups in total. The van der Waals surface area contributed by atoms with Crippen LogP contribution >= 0.6 is 15.9 Å². The molecule has 0 aromatic heterocycles. The predicted molar refractivity (Wildman–Crippen MR) is 80.6 cm³/mol. The second-order valence-corrected chi connectivity index (χ2v) is 6.69. The molecule has 7 heteroatoms. The first-order valence-corrected chi connectivity index (χ1v) is 7.25. The number of nitrogens with two attached hydrogens (primary N) is 1. The molecule has 114 valence electrons. The van der Waals surface area contributed by atoms with Gasteiger partial charge in [-0.3, -0.25) is 9.63 Å². The van der Waals surface area contributed by atoms with Gasteiger partial charge in [-0.05, 0) is 44.9 Å². The third kappa shape index (κ3) is 3.74. The highest BCUT2D eigenvalue weighted by molar-refractivity contribution is 9.10. The number of rotatable bonds is 1. The number of hydrogen-bond donors (Lipinski definition) is 1. The fourth-order valence-electron chi connectivity index (χ4n) is 1.93. The number of amides is 1. The molecule has 1 atom stereocenters. The minimum atomic E-state index is -0.948. The summed E-state index contributed by atoms with van der Waals surface area (Å²) in [5, 5.41) is 0.905. The van der Waals surface area contributed by atoms with Crippen LogP contribution in [0.2, 0.25) is 0 Å². The molecule has 1 aromatic rings. The molecule has 0 aliphatic carbocycles. The smallest absolute Gasteiger partial charge is 0.427 e. The monoisotopic (exact) mass is 356 g/mol. The van der Waals surface area contributed by atoms with Crippen molar-refractivity contribution in [2.24, 2.45) is 5.73 Å². The normalized spacial score (nSPS) is 18.2. The summed E-state index contributed by atoms with van der Waals surface area (Å²) in [6.07, 6.45) is -0.550. The molecule has 1 aliphatic heterocycles. The van der Waals surface area contributed by atoms with E-state index in [1.54, 1.807) is 26.8 Å². The lowest BCUT2D eigenvalue weighted by atomic mass is 9.99. The van der Waals surface area contributed by atoms with Crippen LogP contribution in [0.1, 0.15) is 26.3 Å². The second kappa shape index (κ2) is 5.65. The lowest BCUT2D eigenvalue weighted by Gasteiger charge is -2.31. The molecular weight excluding hydrogens is 340 g/mol. The summed E-state index contributed by atoms with van der Waals surface area (Å²) in [5.41, 5.74) is 6.39. The Morgan fingerprint density at radius 1 is 1.43 bits per heavy atom. The van der Waals surface area contributed by atoms with Crippen LogP contribution in [-0.4, -0.2) is 23.7 Å². The molecule has 0 unspecified atom stereocenters. The van der Waals surface area contributed by atoms with Gasteiger partial charge in [0.05, 0.1) is 11.7 Å². The second-order valence-electron chi connectivity index (χ2n) is 5.77. The van der Waals surface area contributed by atoms with E-state index in [2.05, 4.69) is 15.9 Å². The average molecular weight is 357 g/mol. The summed E-state index contributed by atoms with van der Waals surface area (Å²) in [6, 6.07) is 4.62. The minimum Gasteiger partial charge on any atom is -0.427 e. The predicted octanol–water partition coefficient (Wildman–Crippen LogP) is 2.53. The zero-order valence-corrected chi connectivity index (χ0v) is 13.6. The Bertz CT molecular complexity index is 583. The molecular formula is C14H17BrN2O4. The quantitative estimate of drug-likeness (QED) is 0.781. The van der Waals surface area contributed by atoms with Crippen molar-refractivity contribution in [2.45, 2.75) is 38.8 Å². The number of benzene rings is 1. The number of ether oxygens (including phenoxy) is 1. The molecule has 1 heterocycles. The summed E-state index contributed by atoms with van der Waals surface area (Å²) in [4.78, 5) is 29.0. The molecule has 1 aliphatic rings. The SMILES string of the molecule is CC(C)(C)OC(=O)ON1C(=O)[C@H](N)Cc2ccc(Br)cc21. The first kappa shape index (κ1) is 15.8. The molecule has 0 spiro atoms. The van der Waals surface area contributed by atoms with E-state index in [9.17, 15) is 9.59 Å². The van der Waals surface area contributed by atoms with Crippen LogP contribution in [0.4, 0.5) is 10.5 Å². The van der Waals surface area contributed by atoms with Crippen molar-refractivity contribution in [3.8, 4) is 0 Å². The maximum atomic E-state index is 12.2. The highest BCUT2D eigenvalue weighted by Gasteiger charge is 2.34. The molecule has 1 aromatic carbocycles. The van der Waals surface area contributed by atoms with Gasteiger partial charge in [0.15, 0.2) is 0 Å². The van der Waals surface area contributed by atoms with Crippen LogP contribution in [0, 0.1) is 0 Å². The lowest BCUT2D eigenvalue weighted by molar-refractivity contribution is -0.127. The van der Waals surface area contributed by atoms with Crippen molar-refractivity contribution < 1.29 is 19.2 Å². The van der Waals surface area contributed by atoms with Gasteiger partial charge in [-0.2, -0.15) is 0 Å². The van der Waals surface area contributed by atoms with Crippen molar-refractivity contribution in [1.82, 2.24) is 0 Å². The molecule has 0 radical (unpaired) electrons. The van der Waals surface area contributed by atoms with Crippen LogP contribution in [0.5, 0.6) is 0 Å². The Morgan fingerprint density at radius 3 is 2.71 bits per heavy atom. The standard InChI is InChI=1S/C14H17BrN2O4/c1-14(2,3)20-13(19)21-17-11-7-9(15)5-4-8(11)6-10(16)12(17)18/h4-5,7,10H,6,16H2,1-3H3/t10-/m1/s1. The molecule has 2 rings (SSSR count). The Balaban J connectivity index is 2.27. The van der Waals surface area contributed by atoms with E-state index in [1.165, 1.54) is 0 Å². The van der Waals surface area contributed by atoms with Gasteiger partial charge in [0.2, 0.25) is 0 Å². The maximum Gasteiger partial charge on any atom is 0.534 e. The molecule has 6 nitrogen and oxygen atoms in total. The van der Waals surface area contributed by atoms with E-state index in [-0.39, 0.29) is 0 Å². The van der Waals surface area contributed by atoms with Crippen molar-refractivity contribution in [2.75, 3.05) is 5.06 Å². The van der Waals surface area contributed by atoms with Crippen molar-refractivity contribution >= 4 is 33.7 Å². The highest BCUT2D eigenvalue weighted by atomic mass is 79.9. The first-order chi connectivity index (χ1) is 9.67. The van der Waals surface area contributed by atoms with Gasteiger partial charge >= 0.3 is 6.16 Å². The Morgan fingerprint density at radius 2 is 2.10 bits per heavy atom. The summed E-state index contributed by atoms with van der Waals surface area (Å²) in [7, 11) is 0. The summed E-state index contributed by atoms with van der Waals surface area (Å²) in [5.74, 6) is -0.480. The highest BCUT2D eigenvalue weighted by Crippen LogP contribution is 2.31. The number of carbonyl (C=O) groups is 2. The fraction of sp³-hybridized carbons (Fsp3) is 0.429. The minimum absolute atomic E-state index is 0.398. The van der Waals surface area contributed by atoms with Crippen molar-refractivity contribution in [3.63, 3.8) is 0 Å². The number of anilines is 1. The van der Waals surface area contributed by atoms with Gasteiger partial charge in [0.25, 0.3) is 5.91 Å². The zero-order valence-electron chi connectivity index (χ0n) is 12.1. The summed E-state index contributed by atoms with van der Waals surface area (Å²) >= 11 is 3.33. The van der Waals surface area contributed by atoms with Crippen LogP contribution < -0.4 is 10.8 Å². The number of hydrogen-bond acceptors (Lipinski definition) is 5. The molecule has 0 saturated heterocycles. The van der Waals surface area contributed by atoms with Gasteiger partial charge < -0.3 is 10.5 Å². The number of halogens is 1. The van der Waals surface area contributed by atoms with Gasteiger partial charge in [-0.25, -0.2) is 4.79 Å². The van der Waals surface area contributed by atoms with E-state index in [0.29, 0.717) is 12.1 Å². The molecule has 0 saturated carbocycles. The molecule has 0 bridgehead atoms. The van der Waals surface area contributed by atoms with Crippen LogP contribution in [-0.2, 0) is 20.8 Å². The largest absolute Gasteiger partial charge is 0.534 e. The third-order valence-corrected chi connectivity index (χ3v) is 3.27. The van der Waals surface area contributed by atoms with Crippen LogP contribution in [0.15, 0.2) is 22.7 Å². The molecule has 0 fully saturated rings. The van der Waals surface area contributed by atoms with Crippen LogP contribution in [0.25, 0.3) is 0 Å². The average Bonchev–Trinajstić information content (AvgIpc) is 2.34. The third-order valence-electron chi connectivity index (χ3n) is 2.78. The lowest BCUT2D eigenvalue weighted by Crippen LogP contribution is -2.50. The van der Waals surface area contributed by atoms with Crippen LogP contribution in [0.3, 0.4) is 0 Å². The van der Waals surface area contributed by atoms with E-state index in [1.807, 2.05) is 12.1 Å².